The van der Waals surface area contributed by atoms with Crippen molar-refractivity contribution in [3.8, 4) is 22.6 Å². The SMILES string of the molecule is C1CCN(C2COC2)C1.O=c1[nH]c2cc(-c3cccc4[nH]ccc34)c(F)cc2n1Cc1ccc(-c2nnc(C(F)F)o2)cn1. The lowest BCUT2D eigenvalue weighted by atomic mass is 10.0. The van der Waals surface area contributed by atoms with E-state index >= 15 is 4.39 Å². The molecule has 0 amide bonds. The van der Waals surface area contributed by atoms with Gasteiger partial charge in [0.1, 0.15) is 5.82 Å². The maximum atomic E-state index is 15.2. The highest BCUT2D eigenvalue weighted by Crippen LogP contribution is 2.32. The summed E-state index contributed by atoms with van der Waals surface area (Å²) in [6, 6.07) is 14.3. The van der Waals surface area contributed by atoms with Gasteiger partial charge in [0.15, 0.2) is 0 Å². The Morgan fingerprint density at radius 1 is 1.00 bits per heavy atom. The minimum absolute atomic E-state index is 0.0669. The van der Waals surface area contributed by atoms with Crippen molar-refractivity contribution >= 4 is 21.9 Å². The number of ether oxygens (including phenoxy) is 1. The average Bonchev–Trinajstić information content (AvgIpc) is 3.81. The molecule has 8 rings (SSSR count). The summed E-state index contributed by atoms with van der Waals surface area (Å²) >= 11 is 0. The molecule has 6 aromatic rings. The number of alkyl halides is 2. The van der Waals surface area contributed by atoms with Crippen LogP contribution in [0.2, 0.25) is 0 Å². The van der Waals surface area contributed by atoms with Gasteiger partial charge in [-0.3, -0.25) is 14.5 Å². The Labute approximate surface area is 248 Å². The summed E-state index contributed by atoms with van der Waals surface area (Å²) in [5.74, 6) is -1.33. The van der Waals surface area contributed by atoms with Gasteiger partial charge in [0.25, 0.3) is 5.89 Å². The van der Waals surface area contributed by atoms with Crippen LogP contribution in [0.25, 0.3) is 44.5 Å². The molecule has 2 aliphatic heterocycles. The standard InChI is InChI=1S/C24H15F3N6O2.C7H13NO/c25-17-9-20-19(8-16(17)14-2-1-3-18-15(14)6-7-28-18)30-24(34)33(20)11-13-5-4-12(10-29-13)22-31-32-23(35-22)21(26)27;1-2-4-8(3-1)7-5-9-6-7/h1-10,21,28H,11H2,(H,30,34);7H,1-6H2. The monoisotopic (exact) mass is 603 g/mol. The summed E-state index contributed by atoms with van der Waals surface area (Å²) in [5, 5.41) is 7.75. The van der Waals surface area contributed by atoms with Crippen LogP contribution in [0.1, 0.15) is 30.9 Å². The largest absolute Gasteiger partial charge is 0.415 e. The molecule has 2 saturated heterocycles. The number of likely N-dealkylation sites (tertiary alicyclic amines) is 1. The van der Waals surface area contributed by atoms with Crippen molar-refractivity contribution in [3.05, 3.63) is 88.8 Å². The van der Waals surface area contributed by atoms with E-state index in [1.165, 1.54) is 42.8 Å². The molecule has 0 unspecified atom stereocenters. The van der Waals surface area contributed by atoms with Crippen LogP contribution in [0.5, 0.6) is 0 Å². The second-order valence-corrected chi connectivity index (χ2v) is 10.8. The molecule has 13 heteroatoms. The van der Waals surface area contributed by atoms with Crippen molar-refractivity contribution in [1.82, 2.24) is 34.6 Å². The molecule has 4 aromatic heterocycles. The fourth-order valence-electron chi connectivity index (χ4n) is 5.65. The molecular formula is C31H28F3N7O3. The minimum Gasteiger partial charge on any atom is -0.415 e. The number of aromatic amines is 2. The fourth-order valence-corrected chi connectivity index (χ4v) is 5.65. The molecule has 2 aromatic carbocycles. The van der Waals surface area contributed by atoms with Gasteiger partial charge in [-0.2, -0.15) is 8.78 Å². The quantitative estimate of drug-likeness (QED) is 0.257. The predicted molar refractivity (Wildman–Crippen MR) is 157 cm³/mol. The zero-order valence-corrected chi connectivity index (χ0v) is 23.5. The number of pyridine rings is 1. The maximum Gasteiger partial charge on any atom is 0.326 e. The van der Waals surface area contributed by atoms with Crippen molar-refractivity contribution in [2.45, 2.75) is 31.9 Å². The highest BCUT2D eigenvalue weighted by Gasteiger charge is 2.27. The Hall–Kier alpha value is -4.75. The molecule has 2 N–H and O–H groups in total. The molecule has 0 radical (unpaired) electrons. The van der Waals surface area contributed by atoms with Crippen molar-refractivity contribution < 1.29 is 22.3 Å². The third-order valence-electron chi connectivity index (χ3n) is 8.04. The lowest BCUT2D eigenvalue weighted by Gasteiger charge is -2.34. The number of aromatic nitrogens is 6. The van der Waals surface area contributed by atoms with Crippen molar-refractivity contribution in [2.75, 3.05) is 26.3 Å². The van der Waals surface area contributed by atoms with E-state index in [1.54, 1.807) is 24.4 Å². The molecular weight excluding hydrogens is 575 g/mol. The number of rotatable bonds is 6. The first-order valence-electron chi connectivity index (χ1n) is 14.3. The van der Waals surface area contributed by atoms with Crippen molar-refractivity contribution in [1.29, 1.82) is 0 Å². The Morgan fingerprint density at radius 3 is 2.55 bits per heavy atom. The number of halogens is 3. The summed E-state index contributed by atoms with van der Waals surface area (Å²) in [5.41, 5.74) is 3.28. The number of hydrogen-bond donors (Lipinski definition) is 2. The van der Waals surface area contributed by atoms with Crippen molar-refractivity contribution in [3.63, 3.8) is 0 Å². The van der Waals surface area contributed by atoms with E-state index in [2.05, 4.69) is 30.0 Å². The normalized spacial score (nSPS) is 15.6. The zero-order chi connectivity index (χ0) is 30.2. The van der Waals surface area contributed by atoms with Crippen LogP contribution in [0.3, 0.4) is 0 Å². The van der Waals surface area contributed by atoms with E-state index in [1.807, 2.05) is 24.3 Å². The van der Waals surface area contributed by atoms with Gasteiger partial charge < -0.3 is 19.1 Å². The fraction of sp³-hybridized carbons (Fsp3) is 0.290. The number of nitrogens with zero attached hydrogens (tertiary/aromatic N) is 5. The molecule has 0 saturated carbocycles. The summed E-state index contributed by atoms with van der Waals surface area (Å²) < 4.78 is 52.0. The van der Waals surface area contributed by atoms with Gasteiger partial charge in [-0.25, -0.2) is 9.18 Å². The van der Waals surface area contributed by atoms with E-state index in [-0.39, 0.29) is 12.4 Å². The molecule has 0 aliphatic carbocycles. The molecule has 226 valence electrons. The van der Waals surface area contributed by atoms with Crippen LogP contribution in [-0.4, -0.2) is 67.0 Å². The van der Waals surface area contributed by atoms with Gasteiger partial charge in [0.05, 0.1) is 48.1 Å². The summed E-state index contributed by atoms with van der Waals surface area (Å²) in [6.45, 7) is 4.67. The molecule has 0 bridgehead atoms. The topological polar surface area (TPSA) is 118 Å². The maximum absolute atomic E-state index is 15.2. The molecule has 10 nitrogen and oxygen atoms in total. The number of H-pyrrole nitrogens is 2. The van der Waals surface area contributed by atoms with Crippen molar-refractivity contribution in [2.24, 2.45) is 0 Å². The Kier molecular flexibility index (Phi) is 7.48. The molecule has 0 spiro atoms. The number of benzene rings is 2. The highest BCUT2D eigenvalue weighted by atomic mass is 19.3. The van der Waals surface area contributed by atoms with E-state index in [9.17, 15) is 13.6 Å². The zero-order valence-electron chi connectivity index (χ0n) is 23.5. The average molecular weight is 604 g/mol. The second-order valence-electron chi connectivity index (χ2n) is 10.8. The molecule has 2 fully saturated rings. The van der Waals surface area contributed by atoms with Crippen LogP contribution in [-0.2, 0) is 11.3 Å². The van der Waals surface area contributed by atoms with Gasteiger partial charge in [-0.15, -0.1) is 10.2 Å². The third kappa shape index (κ3) is 5.40. The predicted octanol–water partition coefficient (Wildman–Crippen LogP) is 5.53. The number of nitrogens with one attached hydrogen (secondary N) is 2. The van der Waals surface area contributed by atoms with E-state index in [0.717, 1.165) is 30.2 Å². The first kappa shape index (κ1) is 28.0. The number of fused-ring (bicyclic) bond motifs is 2. The smallest absolute Gasteiger partial charge is 0.326 e. The number of hydrogen-bond acceptors (Lipinski definition) is 7. The summed E-state index contributed by atoms with van der Waals surface area (Å²) in [4.78, 5) is 25.4. The van der Waals surface area contributed by atoms with Gasteiger partial charge in [0, 0.05) is 34.9 Å². The lowest BCUT2D eigenvalue weighted by molar-refractivity contribution is -0.0569. The molecule has 44 heavy (non-hydrogen) atoms. The van der Waals surface area contributed by atoms with Gasteiger partial charge in [0.2, 0.25) is 5.89 Å². The summed E-state index contributed by atoms with van der Waals surface area (Å²) in [6.07, 6.45) is 3.10. The third-order valence-corrected chi connectivity index (χ3v) is 8.04. The van der Waals surface area contributed by atoms with E-state index in [0.29, 0.717) is 33.4 Å². The van der Waals surface area contributed by atoms with Crippen LogP contribution < -0.4 is 5.69 Å². The first-order valence-corrected chi connectivity index (χ1v) is 14.3. The van der Waals surface area contributed by atoms with E-state index < -0.39 is 23.8 Å². The Balaban J connectivity index is 0.000000296. The van der Waals surface area contributed by atoms with Crippen LogP contribution in [0.15, 0.2) is 70.1 Å². The summed E-state index contributed by atoms with van der Waals surface area (Å²) in [7, 11) is 0. The first-order chi connectivity index (χ1) is 21.4. The Morgan fingerprint density at radius 2 is 1.84 bits per heavy atom. The second kappa shape index (κ2) is 11.7. The highest BCUT2D eigenvalue weighted by molar-refractivity contribution is 5.97. The molecule has 6 heterocycles. The van der Waals surface area contributed by atoms with Crippen LogP contribution >= 0.6 is 0 Å². The van der Waals surface area contributed by atoms with Crippen LogP contribution in [0.4, 0.5) is 13.2 Å². The number of imidazole rings is 1. The lowest BCUT2D eigenvalue weighted by Crippen LogP contribution is -2.47. The van der Waals surface area contributed by atoms with E-state index in [4.69, 9.17) is 9.15 Å². The molecule has 2 aliphatic rings. The van der Waals surface area contributed by atoms with Gasteiger partial charge >= 0.3 is 12.1 Å². The molecule has 0 atom stereocenters. The Bertz CT molecular complexity index is 1970. The van der Waals surface area contributed by atoms with Gasteiger partial charge in [-0.05, 0) is 61.8 Å². The van der Waals surface area contributed by atoms with Crippen LogP contribution in [0, 0.1) is 5.82 Å². The van der Waals surface area contributed by atoms with Gasteiger partial charge in [-0.1, -0.05) is 12.1 Å². The minimum atomic E-state index is -2.87.